The number of ether oxygens (including phenoxy) is 3. The van der Waals surface area contributed by atoms with Gasteiger partial charge in [-0.15, -0.1) is 10.2 Å². The fourth-order valence-corrected chi connectivity index (χ4v) is 2.39. The van der Waals surface area contributed by atoms with Crippen LogP contribution in [0.2, 0.25) is 0 Å². The van der Waals surface area contributed by atoms with E-state index in [0.29, 0.717) is 11.6 Å². The van der Waals surface area contributed by atoms with E-state index in [-0.39, 0.29) is 12.5 Å². The number of para-hydroxylation sites is 1. The molecule has 1 aromatic heterocycles. The van der Waals surface area contributed by atoms with Gasteiger partial charge in [0, 0.05) is 5.56 Å². The first-order valence-corrected chi connectivity index (χ1v) is 8.42. The Balaban J connectivity index is 1.57. The maximum atomic E-state index is 12.0. The quantitative estimate of drug-likeness (QED) is 0.587. The Bertz CT molecular complexity index is 905. The van der Waals surface area contributed by atoms with Gasteiger partial charge in [0.15, 0.2) is 12.7 Å². The molecule has 0 aliphatic rings. The number of methoxy groups -OCH3 is 1. The predicted molar refractivity (Wildman–Crippen MR) is 97.5 cm³/mol. The third-order valence-corrected chi connectivity index (χ3v) is 3.87. The molecule has 0 fully saturated rings. The minimum Gasteiger partial charge on any atom is -0.497 e. The Morgan fingerprint density at radius 1 is 1.11 bits per heavy atom. The number of hydrogen-bond acceptors (Lipinski definition) is 7. The van der Waals surface area contributed by atoms with E-state index in [1.54, 1.807) is 32.2 Å². The number of carbonyl (C=O) groups excluding carboxylic acids is 1. The maximum Gasteiger partial charge on any atom is 0.344 e. The molecule has 140 valence electrons. The van der Waals surface area contributed by atoms with Crippen LogP contribution in [0.25, 0.3) is 11.5 Å². The molecule has 0 unspecified atom stereocenters. The zero-order valence-electron chi connectivity index (χ0n) is 15.3. The van der Waals surface area contributed by atoms with Crippen LogP contribution < -0.4 is 9.47 Å². The molecule has 0 amide bonds. The van der Waals surface area contributed by atoms with Crippen LogP contribution in [0.3, 0.4) is 0 Å². The van der Waals surface area contributed by atoms with Crippen molar-refractivity contribution in [2.75, 3.05) is 13.7 Å². The van der Waals surface area contributed by atoms with Crippen LogP contribution in [0.1, 0.15) is 24.5 Å². The number of carbonyl (C=O) groups is 1. The summed E-state index contributed by atoms with van der Waals surface area (Å²) in [6.45, 7) is 3.37. The lowest BCUT2D eigenvalue weighted by Gasteiger charge is -2.11. The largest absolute Gasteiger partial charge is 0.497 e. The Labute approximate surface area is 156 Å². The first-order valence-electron chi connectivity index (χ1n) is 8.42. The van der Waals surface area contributed by atoms with Gasteiger partial charge in [0.25, 0.3) is 5.89 Å². The van der Waals surface area contributed by atoms with Crippen LogP contribution in [0.4, 0.5) is 0 Å². The summed E-state index contributed by atoms with van der Waals surface area (Å²) in [5.74, 6) is 1.41. The van der Waals surface area contributed by atoms with Gasteiger partial charge in [-0.3, -0.25) is 0 Å². The number of aromatic nitrogens is 2. The molecule has 0 saturated heterocycles. The fourth-order valence-electron chi connectivity index (χ4n) is 2.39. The van der Waals surface area contributed by atoms with Gasteiger partial charge < -0.3 is 18.6 Å². The van der Waals surface area contributed by atoms with E-state index in [4.69, 9.17) is 18.6 Å². The lowest BCUT2D eigenvalue weighted by atomic mass is 10.2. The molecular formula is C20H20N2O5. The molecule has 3 aromatic rings. The number of benzene rings is 2. The average molecular weight is 368 g/mol. The summed E-state index contributed by atoms with van der Waals surface area (Å²) in [5, 5.41) is 7.95. The van der Waals surface area contributed by atoms with E-state index in [1.165, 1.54) is 0 Å². The topological polar surface area (TPSA) is 83.7 Å². The second-order valence-electron chi connectivity index (χ2n) is 5.86. The highest BCUT2D eigenvalue weighted by molar-refractivity contribution is 5.71. The number of rotatable bonds is 7. The summed E-state index contributed by atoms with van der Waals surface area (Å²) in [7, 11) is 1.60. The van der Waals surface area contributed by atoms with E-state index in [9.17, 15) is 4.79 Å². The zero-order valence-corrected chi connectivity index (χ0v) is 15.3. The molecule has 7 nitrogen and oxygen atoms in total. The summed E-state index contributed by atoms with van der Waals surface area (Å²) < 4.78 is 21.5. The highest BCUT2D eigenvalue weighted by atomic mass is 16.6. The van der Waals surface area contributed by atoms with Crippen molar-refractivity contribution in [1.82, 2.24) is 10.2 Å². The molecule has 0 aliphatic carbocycles. The predicted octanol–water partition coefficient (Wildman–Crippen LogP) is 3.74. The Morgan fingerprint density at radius 3 is 2.56 bits per heavy atom. The van der Waals surface area contributed by atoms with Crippen molar-refractivity contribution in [3.8, 4) is 23.0 Å². The molecule has 7 heteroatoms. The summed E-state index contributed by atoms with van der Waals surface area (Å²) in [5.41, 5.74) is 1.69. The van der Waals surface area contributed by atoms with Crippen LogP contribution in [-0.4, -0.2) is 29.9 Å². The summed E-state index contributed by atoms with van der Waals surface area (Å²) in [6.07, 6.45) is -0.683. The molecule has 27 heavy (non-hydrogen) atoms. The third-order valence-electron chi connectivity index (χ3n) is 3.87. The van der Waals surface area contributed by atoms with Gasteiger partial charge in [-0.2, -0.15) is 0 Å². The van der Waals surface area contributed by atoms with E-state index in [1.807, 2.05) is 37.3 Å². The van der Waals surface area contributed by atoms with Gasteiger partial charge in [0.05, 0.1) is 7.11 Å². The first-order chi connectivity index (χ1) is 13.1. The van der Waals surface area contributed by atoms with E-state index >= 15 is 0 Å². The van der Waals surface area contributed by atoms with Crippen LogP contribution in [0, 0.1) is 6.92 Å². The van der Waals surface area contributed by atoms with Gasteiger partial charge in [-0.25, -0.2) is 4.79 Å². The number of esters is 1. The molecule has 0 radical (unpaired) electrons. The smallest absolute Gasteiger partial charge is 0.344 e. The van der Waals surface area contributed by atoms with Crippen molar-refractivity contribution < 1.29 is 23.4 Å². The van der Waals surface area contributed by atoms with E-state index in [2.05, 4.69) is 10.2 Å². The minimum absolute atomic E-state index is 0.200. The SMILES string of the molecule is COc1ccc(-c2nnc([C@@H](C)OC(=O)COc3ccccc3C)o2)cc1. The Morgan fingerprint density at radius 2 is 1.85 bits per heavy atom. The second-order valence-corrected chi connectivity index (χ2v) is 5.86. The van der Waals surface area contributed by atoms with Gasteiger partial charge in [0.1, 0.15) is 11.5 Å². The van der Waals surface area contributed by atoms with Gasteiger partial charge in [-0.1, -0.05) is 18.2 Å². The molecule has 0 spiro atoms. The van der Waals surface area contributed by atoms with Crippen LogP contribution >= 0.6 is 0 Å². The molecule has 0 bridgehead atoms. The Kier molecular flexibility index (Phi) is 5.71. The van der Waals surface area contributed by atoms with Gasteiger partial charge in [-0.05, 0) is 49.7 Å². The van der Waals surface area contributed by atoms with Gasteiger partial charge >= 0.3 is 5.97 Å². The molecule has 2 aromatic carbocycles. The van der Waals surface area contributed by atoms with Crippen molar-refractivity contribution in [2.24, 2.45) is 0 Å². The third kappa shape index (κ3) is 4.63. The average Bonchev–Trinajstić information content (AvgIpc) is 3.18. The summed E-state index contributed by atoms with van der Waals surface area (Å²) in [6, 6.07) is 14.7. The monoisotopic (exact) mass is 368 g/mol. The fraction of sp³-hybridized carbons (Fsp3) is 0.250. The van der Waals surface area contributed by atoms with E-state index < -0.39 is 12.1 Å². The van der Waals surface area contributed by atoms with E-state index in [0.717, 1.165) is 16.9 Å². The number of aryl methyl sites for hydroxylation is 1. The molecular weight excluding hydrogens is 348 g/mol. The molecule has 1 heterocycles. The highest BCUT2D eigenvalue weighted by Gasteiger charge is 2.19. The summed E-state index contributed by atoms with van der Waals surface area (Å²) in [4.78, 5) is 12.0. The number of hydrogen-bond donors (Lipinski definition) is 0. The lowest BCUT2D eigenvalue weighted by Crippen LogP contribution is -2.17. The van der Waals surface area contributed by atoms with Crippen molar-refractivity contribution in [3.05, 3.63) is 60.0 Å². The zero-order chi connectivity index (χ0) is 19.2. The number of nitrogens with zero attached hydrogens (tertiary/aromatic N) is 2. The van der Waals surface area contributed by atoms with Crippen molar-refractivity contribution in [1.29, 1.82) is 0 Å². The van der Waals surface area contributed by atoms with Crippen LogP contribution in [-0.2, 0) is 9.53 Å². The minimum atomic E-state index is -0.683. The molecule has 3 rings (SSSR count). The second kappa shape index (κ2) is 8.35. The molecule has 0 N–H and O–H groups in total. The van der Waals surface area contributed by atoms with Crippen molar-refractivity contribution in [2.45, 2.75) is 20.0 Å². The van der Waals surface area contributed by atoms with Crippen molar-refractivity contribution >= 4 is 5.97 Å². The molecule has 1 atom stereocenters. The van der Waals surface area contributed by atoms with Gasteiger partial charge in [0.2, 0.25) is 5.89 Å². The van der Waals surface area contributed by atoms with Crippen LogP contribution in [0.15, 0.2) is 52.9 Å². The maximum absolute atomic E-state index is 12.0. The first kappa shape index (κ1) is 18.4. The summed E-state index contributed by atoms with van der Waals surface area (Å²) >= 11 is 0. The normalized spacial score (nSPS) is 11.7. The highest BCUT2D eigenvalue weighted by Crippen LogP contribution is 2.24. The molecule has 0 saturated carbocycles. The van der Waals surface area contributed by atoms with Crippen LogP contribution in [0.5, 0.6) is 11.5 Å². The molecule has 0 aliphatic heterocycles. The lowest BCUT2D eigenvalue weighted by molar-refractivity contribution is -0.152. The standard InChI is InChI=1S/C20H20N2O5/c1-13-6-4-5-7-17(13)25-12-18(23)26-14(2)19-21-22-20(27-19)15-8-10-16(24-3)11-9-15/h4-11,14H,12H2,1-3H3/t14-/m1/s1. The Hall–Kier alpha value is -3.35. The van der Waals surface area contributed by atoms with Crippen molar-refractivity contribution in [3.63, 3.8) is 0 Å².